The first-order valence-corrected chi connectivity index (χ1v) is 8.49. The molecular weight excluding hydrogens is 276 g/mol. The van der Waals surface area contributed by atoms with Crippen LogP contribution in [0.15, 0.2) is 18.2 Å². The fourth-order valence-corrected chi connectivity index (χ4v) is 3.88. The number of ketones is 1. The molecular formula is C15H22O4S. The maximum Gasteiger partial charge on any atom is 0.159 e. The van der Waals surface area contributed by atoms with Gasteiger partial charge in [0, 0.05) is 11.1 Å². The molecule has 4 nitrogen and oxygen atoms in total. The monoisotopic (exact) mass is 298 g/mol. The zero-order valence-electron chi connectivity index (χ0n) is 12.5. The molecule has 0 radical (unpaired) electrons. The van der Waals surface area contributed by atoms with Gasteiger partial charge in [-0.25, -0.2) is 8.42 Å². The summed E-state index contributed by atoms with van der Waals surface area (Å²) in [6.45, 7) is 5.34. The fraction of sp³-hybridized carbons (Fsp3) is 0.533. The largest absolute Gasteiger partial charge is 0.496 e. The topological polar surface area (TPSA) is 60.4 Å². The molecule has 20 heavy (non-hydrogen) atoms. The van der Waals surface area contributed by atoms with Crippen LogP contribution in [0, 0.1) is 5.92 Å². The van der Waals surface area contributed by atoms with Gasteiger partial charge < -0.3 is 4.74 Å². The Morgan fingerprint density at radius 3 is 2.50 bits per heavy atom. The Kier molecular flexibility index (Phi) is 5.74. The van der Waals surface area contributed by atoms with Crippen LogP contribution in [-0.2, 0) is 15.6 Å². The number of hydrogen-bond donors (Lipinski definition) is 0. The first-order chi connectivity index (χ1) is 9.29. The third kappa shape index (κ3) is 4.63. The number of rotatable bonds is 7. The summed E-state index contributed by atoms with van der Waals surface area (Å²) in [5.41, 5.74) is 1.04. The highest BCUT2D eigenvalue weighted by atomic mass is 32.2. The van der Waals surface area contributed by atoms with Crippen LogP contribution in [-0.4, -0.2) is 27.1 Å². The van der Waals surface area contributed by atoms with E-state index in [4.69, 9.17) is 4.74 Å². The van der Waals surface area contributed by atoms with Gasteiger partial charge in [-0.2, -0.15) is 0 Å². The minimum atomic E-state index is -3.21. The number of hydrogen-bond acceptors (Lipinski definition) is 4. The van der Waals surface area contributed by atoms with E-state index in [2.05, 4.69) is 0 Å². The molecule has 0 fully saturated rings. The van der Waals surface area contributed by atoms with Crippen molar-refractivity contribution in [3.8, 4) is 5.75 Å². The number of Topliss-reactive ketones (excluding diaryl/α,β-unsaturated/α-hetero) is 1. The highest BCUT2D eigenvalue weighted by Crippen LogP contribution is 2.23. The van der Waals surface area contributed by atoms with Crippen molar-refractivity contribution < 1.29 is 17.9 Å². The second-order valence-corrected chi connectivity index (χ2v) is 7.26. The van der Waals surface area contributed by atoms with E-state index in [1.54, 1.807) is 18.2 Å². The van der Waals surface area contributed by atoms with Crippen molar-refractivity contribution in [2.24, 2.45) is 5.92 Å². The second kappa shape index (κ2) is 6.88. The summed E-state index contributed by atoms with van der Waals surface area (Å²) in [6, 6.07) is 4.89. The van der Waals surface area contributed by atoms with Crippen LogP contribution >= 0.6 is 0 Å². The lowest BCUT2D eigenvalue weighted by molar-refractivity contribution is 0.101. The van der Waals surface area contributed by atoms with Gasteiger partial charge in [-0.3, -0.25) is 4.79 Å². The van der Waals surface area contributed by atoms with Gasteiger partial charge in [0.2, 0.25) is 0 Å². The maximum atomic E-state index is 12.2. The molecule has 0 aliphatic heterocycles. The van der Waals surface area contributed by atoms with Gasteiger partial charge in [0.1, 0.15) is 5.75 Å². The van der Waals surface area contributed by atoms with Crippen LogP contribution in [0.5, 0.6) is 5.75 Å². The van der Waals surface area contributed by atoms with Crippen LogP contribution in [0.3, 0.4) is 0 Å². The van der Waals surface area contributed by atoms with Crippen LogP contribution in [0.2, 0.25) is 0 Å². The Morgan fingerprint density at radius 2 is 2.00 bits per heavy atom. The lowest BCUT2D eigenvalue weighted by Gasteiger charge is -2.13. The summed E-state index contributed by atoms with van der Waals surface area (Å²) in [5.74, 6) is 0.594. The van der Waals surface area contributed by atoms with E-state index >= 15 is 0 Å². The van der Waals surface area contributed by atoms with Crippen molar-refractivity contribution in [3.05, 3.63) is 29.3 Å². The summed E-state index contributed by atoms with van der Waals surface area (Å²) in [4.78, 5) is 11.4. The molecule has 1 unspecified atom stereocenters. The average molecular weight is 298 g/mol. The molecule has 0 saturated heterocycles. The predicted molar refractivity (Wildman–Crippen MR) is 79.9 cm³/mol. The number of methoxy groups -OCH3 is 1. The zero-order chi connectivity index (χ0) is 15.3. The van der Waals surface area contributed by atoms with E-state index in [1.165, 1.54) is 14.0 Å². The normalized spacial score (nSPS) is 13.0. The Balaban J connectivity index is 3.06. The van der Waals surface area contributed by atoms with Crippen molar-refractivity contribution >= 4 is 15.6 Å². The van der Waals surface area contributed by atoms with Gasteiger partial charge in [-0.05, 0) is 31.0 Å². The van der Waals surface area contributed by atoms with Crippen LogP contribution in [0.4, 0.5) is 0 Å². The Hall–Kier alpha value is -1.36. The Morgan fingerprint density at radius 1 is 1.35 bits per heavy atom. The number of carbonyl (C=O) groups excluding carboxylic acids is 1. The Bertz CT molecular complexity index is 576. The number of benzene rings is 1. The molecule has 0 bridgehead atoms. The van der Waals surface area contributed by atoms with Crippen molar-refractivity contribution in [3.63, 3.8) is 0 Å². The number of sulfone groups is 1. The SMILES string of the molecule is CCC(C)CS(=O)(=O)Cc1cc(C(C)=O)ccc1OC. The predicted octanol–water partition coefficient (Wildman–Crippen LogP) is 2.86. The molecule has 0 heterocycles. The van der Waals surface area contributed by atoms with Gasteiger partial charge >= 0.3 is 0 Å². The quantitative estimate of drug-likeness (QED) is 0.726. The Labute approximate surface area is 121 Å². The molecule has 1 aromatic carbocycles. The second-order valence-electron chi connectivity index (χ2n) is 5.15. The first-order valence-electron chi connectivity index (χ1n) is 6.67. The minimum absolute atomic E-state index is 0.0896. The van der Waals surface area contributed by atoms with E-state index in [0.29, 0.717) is 16.9 Å². The molecule has 1 aromatic rings. The zero-order valence-corrected chi connectivity index (χ0v) is 13.3. The summed E-state index contributed by atoms with van der Waals surface area (Å²) in [7, 11) is -1.72. The molecule has 5 heteroatoms. The van der Waals surface area contributed by atoms with Gasteiger partial charge in [-0.1, -0.05) is 20.3 Å². The molecule has 1 atom stereocenters. The van der Waals surface area contributed by atoms with Crippen LogP contribution in [0.1, 0.15) is 43.1 Å². The molecule has 0 aliphatic carbocycles. The summed E-state index contributed by atoms with van der Waals surface area (Å²) in [6.07, 6.45) is 0.823. The average Bonchev–Trinajstić information content (AvgIpc) is 2.37. The van der Waals surface area contributed by atoms with E-state index in [0.717, 1.165) is 6.42 Å². The van der Waals surface area contributed by atoms with Crippen molar-refractivity contribution in [1.29, 1.82) is 0 Å². The fourth-order valence-electron chi connectivity index (χ4n) is 1.96. The summed E-state index contributed by atoms with van der Waals surface area (Å²) in [5, 5.41) is 0. The van der Waals surface area contributed by atoms with Crippen molar-refractivity contribution in [2.75, 3.05) is 12.9 Å². The van der Waals surface area contributed by atoms with Crippen LogP contribution < -0.4 is 4.74 Å². The van der Waals surface area contributed by atoms with E-state index in [-0.39, 0.29) is 23.2 Å². The van der Waals surface area contributed by atoms with Crippen molar-refractivity contribution in [2.45, 2.75) is 32.9 Å². The molecule has 0 saturated carbocycles. The molecule has 0 amide bonds. The van der Waals surface area contributed by atoms with Crippen molar-refractivity contribution in [1.82, 2.24) is 0 Å². The number of carbonyl (C=O) groups is 1. The van der Waals surface area contributed by atoms with Gasteiger partial charge in [0.25, 0.3) is 0 Å². The molecule has 1 rings (SSSR count). The standard InChI is InChI=1S/C15H22O4S/c1-5-11(2)9-20(17,18)10-14-8-13(12(3)16)6-7-15(14)19-4/h6-8,11H,5,9-10H2,1-4H3. The molecule has 0 spiro atoms. The molecule has 0 aliphatic rings. The highest BCUT2D eigenvalue weighted by Gasteiger charge is 2.19. The molecule has 0 N–H and O–H groups in total. The lowest BCUT2D eigenvalue weighted by atomic mass is 10.1. The maximum absolute atomic E-state index is 12.2. The molecule has 0 aromatic heterocycles. The first kappa shape index (κ1) is 16.7. The summed E-state index contributed by atoms with van der Waals surface area (Å²) < 4.78 is 29.5. The minimum Gasteiger partial charge on any atom is -0.496 e. The summed E-state index contributed by atoms with van der Waals surface area (Å²) >= 11 is 0. The van der Waals surface area contributed by atoms with Gasteiger partial charge in [-0.15, -0.1) is 0 Å². The van der Waals surface area contributed by atoms with Gasteiger partial charge in [0.05, 0.1) is 18.6 Å². The van der Waals surface area contributed by atoms with E-state index < -0.39 is 9.84 Å². The van der Waals surface area contributed by atoms with Crippen LogP contribution in [0.25, 0.3) is 0 Å². The highest BCUT2D eigenvalue weighted by molar-refractivity contribution is 7.90. The molecule has 112 valence electrons. The number of ether oxygens (including phenoxy) is 1. The smallest absolute Gasteiger partial charge is 0.159 e. The third-order valence-electron chi connectivity index (χ3n) is 3.30. The lowest BCUT2D eigenvalue weighted by Crippen LogP contribution is -2.16. The van der Waals surface area contributed by atoms with Gasteiger partial charge in [0.15, 0.2) is 15.6 Å². The van der Waals surface area contributed by atoms with E-state index in [1.807, 2.05) is 13.8 Å². The van der Waals surface area contributed by atoms with E-state index in [9.17, 15) is 13.2 Å². The third-order valence-corrected chi connectivity index (χ3v) is 5.13.